The predicted molar refractivity (Wildman–Crippen MR) is 128 cm³/mol. The Bertz CT molecular complexity index is 1220. The van der Waals surface area contributed by atoms with E-state index in [1.54, 1.807) is 19.4 Å². The minimum Gasteiger partial charge on any atom is -0.490 e. The van der Waals surface area contributed by atoms with Crippen LogP contribution in [0.15, 0.2) is 30.5 Å². The predicted octanol–water partition coefficient (Wildman–Crippen LogP) is 4.73. The molecule has 11 heteroatoms. The van der Waals surface area contributed by atoms with E-state index < -0.39 is 12.1 Å². The largest absolute Gasteiger partial charge is 0.490 e. The van der Waals surface area contributed by atoms with Crippen LogP contribution in [0.2, 0.25) is 0 Å². The summed E-state index contributed by atoms with van der Waals surface area (Å²) in [5.41, 5.74) is 1.13. The second-order valence-corrected chi connectivity index (χ2v) is 11.4. The number of carboxylic acids is 1. The molecule has 5 atom stereocenters. The molecule has 7 nitrogen and oxygen atoms in total. The summed E-state index contributed by atoms with van der Waals surface area (Å²) in [5.74, 6) is -0.480. The molecule has 1 aromatic heterocycles. The zero-order valence-electron chi connectivity index (χ0n) is 21.1. The van der Waals surface area contributed by atoms with Gasteiger partial charge in [0.15, 0.2) is 0 Å². The number of hydrogen-bond acceptors (Lipinski definition) is 5. The number of pyridine rings is 1. The topological polar surface area (TPSA) is 97.8 Å². The quantitative estimate of drug-likeness (QED) is 0.495. The van der Waals surface area contributed by atoms with Crippen LogP contribution in [0.4, 0.5) is 17.6 Å². The lowest BCUT2D eigenvalue weighted by molar-refractivity contribution is -0.192. The highest BCUT2D eigenvalue weighted by Gasteiger charge is 2.69. The Hall–Kier alpha value is -2.95. The Morgan fingerprint density at radius 3 is 2.39 bits per heavy atom. The van der Waals surface area contributed by atoms with Crippen LogP contribution in [-0.4, -0.2) is 53.5 Å². The monoisotopic (exact) mass is 538 g/mol. The van der Waals surface area contributed by atoms with Crippen molar-refractivity contribution in [2.75, 3.05) is 13.7 Å². The molecule has 0 aliphatic heterocycles. The highest BCUT2D eigenvalue weighted by molar-refractivity contribution is 5.84. The zero-order valence-corrected chi connectivity index (χ0v) is 21.1. The van der Waals surface area contributed by atoms with Gasteiger partial charge in [-0.25, -0.2) is 9.18 Å². The molecule has 38 heavy (non-hydrogen) atoms. The Labute approximate surface area is 216 Å². The van der Waals surface area contributed by atoms with Gasteiger partial charge in [0.05, 0.1) is 18.2 Å². The molecule has 5 aliphatic carbocycles. The fourth-order valence-electron chi connectivity index (χ4n) is 7.20. The molecule has 1 aromatic carbocycles. The summed E-state index contributed by atoms with van der Waals surface area (Å²) in [7, 11) is 1.76. The van der Waals surface area contributed by atoms with E-state index in [4.69, 9.17) is 19.4 Å². The number of fused-ring (bicyclic) bond motifs is 2. The number of carboxylic acid groups (broad SMARTS) is 1. The molecule has 1 unspecified atom stereocenters. The van der Waals surface area contributed by atoms with Crippen LogP contribution in [0, 0.1) is 34.9 Å². The van der Waals surface area contributed by atoms with E-state index in [1.807, 2.05) is 6.07 Å². The fourth-order valence-corrected chi connectivity index (χ4v) is 7.20. The van der Waals surface area contributed by atoms with Gasteiger partial charge in [-0.3, -0.25) is 9.78 Å². The number of ether oxygens (including phenoxy) is 2. The van der Waals surface area contributed by atoms with E-state index >= 15 is 0 Å². The SMILES string of the molecule is COCC12CC(NC(=O)C(C)[C@@H]3[C@@H]4C[C@@H](Oc5ccnc6ccc(F)cc56)C[C@@H]43)(C1)C2.O=C(O)C(F)(F)F. The van der Waals surface area contributed by atoms with Gasteiger partial charge in [-0.15, -0.1) is 0 Å². The van der Waals surface area contributed by atoms with Crippen LogP contribution in [0.1, 0.15) is 39.0 Å². The van der Waals surface area contributed by atoms with Gasteiger partial charge in [-0.1, -0.05) is 6.92 Å². The second kappa shape index (κ2) is 9.36. The van der Waals surface area contributed by atoms with Crippen molar-refractivity contribution in [3.05, 3.63) is 36.3 Å². The summed E-state index contributed by atoms with van der Waals surface area (Å²) in [6, 6.07) is 6.41. The number of nitrogens with one attached hydrogen (secondary N) is 1. The average molecular weight is 539 g/mol. The first kappa shape index (κ1) is 26.6. The van der Waals surface area contributed by atoms with Crippen LogP contribution >= 0.6 is 0 Å². The Kier molecular flexibility index (Phi) is 6.56. The molecular formula is C27H30F4N2O5. The summed E-state index contributed by atoms with van der Waals surface area (Å²) >= 11 is 0. The van der Waals surface area contributed by atoms with E-state index in [2.05, 4.69) is 17.2 Å². The lowest BCUT2D eigenvalue weighted by atomic mass is 9.39. The van der Waals surface area contributed by atoms with Crippen molar-refractivity contribution in [1.82, 2.24) is 10.3 Å². The van der Waals surface area contributed by atoms with Gasteiger partial charge in [-0.2, -0.15) is 13.2 Å². The van der Waals surface area contributed by atoms with Crippen molar-refractivity contribution in [3.63, 3.8) is 0 Å². The summed E-state index contributed by atoms with van der Waals surface area (Å²) in [5, 5.41) is 11.2. The first-order chi connectivity index (χ1) is 17.9. The molecule has 5 saturated carbocycles. The van der Waals surface area contributed by atoms with Gasteiger partial charge in [0.25, 0.3) is 0 Å². The first-order valence-corrected chi connectivity index (χ1v) is 12.7. The minimum atomic E-state index is -5.08. The van der Waals surface area contributed by atoms with Crippen molar-refractivity contribution in [3.8, 4) is 5.75 Å². The van der Waals surface area contributed by atoms with Gasteiger partial charge in [-0.05, 0) is 74.1 Å². The van der Waals surface area contributed by atoms with E-state index in [9.17, 15) is 22.4 Å². The molecule has 0 radical (unpaired) electrons. The Balaban J connectivity index is 0.000000374. The van der Waals surface area contributed by atoms with E-state index in [-0.39, 0.29) is 29.3 Å². The third kappa shape index (κ3) is 4.92. The highest BCUT2D eigenvalue weighted by Crippen LogP contribution is 2.67. The van der Waals surface area contributed by atoms with Crippen molar-refractivity contribution in [2.45, 2.75) is 56.8 Å². The normalized spacial score (nSPS) is 33.1. The maximum atomic E-state index is 13.7. The molecule has 206 valence electrons. The number of benzene rings is 1. The summed E-state index contributed by atoms with van der Waals surface area (Å²) in [6.07, 6.45) is 1.90. The number of carbonyl (C=O) groups is 2. The average Bonchev–Trinajstić information content (AvgIpc) is 3.30. The maximum Gasteiger partial charge on any atom is 0.490 e. The van der Waals surface area contributed by atoms with Gasteiger partial charge >= 0.3 is 12.1 Å². The molecular weight excluding hydrogens is 508 g/mol. The van der Waals surface area contributed by atoms with E-state index in [1.165, 1.54) is 12.1 Å². The number of alkyl halides is 3. The molecule has 5 fully saturated rings. The number of rotatable bonds is 7. The van der Waals surface area contributed by atoms with E-state index in [0.717, 1.165) is 49.6 Å². The van der Waals surface area contributed by atoms with Crippen molar-refractivity contribution in [1.29, 1.82) is 0 Å². The fraction of sp³-hybridized carbons (Fsp3) is 0.593. The Morgan fingerprint density at radius 1 is 1.18 bits per heavy atom. The van der Waals surface area contributed by atoms with Crippen molar-refractivity contribution in [2.24, 2.45) is 29.1 Å². The van der Waals surface area contributed by atoms with Crippen LogP contribution < -0.4 is 10.1 Å². The van der Waals surface area contributed by atoms with Crippen LogP contribution in [-0.2, 0) is 14.3 Å². The third-order valence-electron chi connectivity index (χ3n) is 8.64. The summed E-state index contributed by atoms with van der Waals surface area (Å²) in [4.78, 5) is 26.1. The second-order valence-electron chi connectivity index (χ2n) is 11.4. The number of aliphatic carboxylic acids is 1. The van der Waals surface area contributed by atoms with Gasteiger partial charge in [0.1, 0.15) is 11.6 Å². The lowest BCUT2D eigenvalue weighted by Gasteiger charge is -2.70. The molecule has 1 amide bonds. The summed E-state index contributed by atoms with van der Waals surface area (Å²) < 4.78 is 57.0. The lowest BCUT2D eigenvalue weighted by Crippen LogP contribution is -2.76. The molecule has 0 spiro atoms. The van der Waals surface area contributed by atoms with Crippen molar-refractivity contribution >= 4 is 22.8 Å². The molecule has 0 saturated heterocycles. The standard InChI is InChI=1S/C25H29FN2O3.C2HF3O2/c1-14(23(29)28-25-10-24(11-25,12-25)13-30-2)22-17-8-16(9-18(17)22)31-21-5-6-27-20-4-3-15(26)7-19(20)21;3-2(4,5)1(6)7/h3-7,14,16-18,22H,8-13H2,1-2H3,(H,28,29);(H,6,7)/t14?,16-,17-,18+,22-,24?,25?;. The smallest absolute Gasteiger partial charge is 0.490 e. The van der Waals surface area contributed by atoms with Gasteiger partial charge < -0.3 is 19.9 Å². The number of aromatic nitrogens is 1. The number of nitrogens with zero attached hydrogens (tertiary/aromatic N) is 1. The molecule has 1 heterocycles. The van der Waals surface area contributed by atoms with Gasteiger partial charge in [0, 0.05) is 35.6 Å². The van der Waals surface area contributed by atoms with Crippen molar-refractivity contribution < 1.29 is 41.7 Å². The first-order valence-electron chi connectivity index (χ1n) is 12.7. The molecule has 2 bridgehead atoms. The highest BCUT2D eigenvalue weighted by atomic mass is 19.4. The van der Waals surface area contributed by atoms with Crippen LogP contribution in [0.25, 0.3) is 10.9 Å². The number of halogens is 4. The third-order valence-corrected chi connectivity index (χ3v) is 8.64. The minimum absolute atomic E-state index is 0.0528. The number of hydrogen-bond donors (Lipinski definition) is 2. The van der Waals surface area contributed by atoms with Crippen LogP contribution in [0.3, 0.4) is 0 Å². The number of amides is 1. The molecule has 5 aliphatic rings. The van der Waals surface area contributed by atoms with E-state index in [0.29, 0.717) is 28.9 Å². The molecule has 2 aromatic rings. The zero-order chi connectivity index (χ0) is 27.5. The molecule has 2 N–H and O–H groups in total. The van der Waals surface area contributed by atoms with Crippen LogP contribution in [0.5, 0.6) is 5.75 Å². The van der Waals surface area contributed by atoms with Gasteiger partial charge in [0.2, 0.25) is 5.91 Å². The number of carbonyl (C=O) groups excluding carboxylic acids is 1. The molecule has 7 rings (SSSR count). The summed E-state index contributed by atoms with van der Waals surface area (Å²) in [6.45, 7) is 2.90. The Morgan fingerprint density at radius 2 is 1.82 bits per heavy atom. The number of methoxy groups -OCH3 is 1. The maximum absolute atomic E-state index is 13.7.